The molecular weight excluding hydrogens is 378 g/mol. The fourth-order valence-corrected chi connectivity index (χ4v) is 2.66. The van der Waals surface area contributed by atoms with Gasteiger partial charge in [0, 0.05) is 23.7 Å². The van der Waals surface area contributed by atoms with Crippen LogP contribution in [-0.4, -0.2) is 23.8 Å². The molecule has 1 aliphatic heterocycles. The molecule has 1 aromatic heterocycles. The van der Waals surface area contributed by atoms with Gasteiger partial charge >= 0.3 is 12.4 Å². The first-order valence-corrected chi connectivity index (χ1v) is 7.83. The Hall–Kier alpha value is -2.65. The lowest BCUT2D eigenvalue weighted by molar-refractivity contribution is -0.136. The van der Waals surface area contributed by atoms with Crippen molar-refractivity contribution >= 4 is 16.6 Å². The summed E-state index contributed by atoms with van der Waals surface area (Å²) >= 11 is 0. The average molecular weight is 392 g/mol. The number of nitrogens with zero attached hydrogens (tertiary/aromatic N) is 2. The van der Waals surface area contributed by atoms with Crippen molar-refractivity contribution in [3.63, 3.8) is 0 Å². The van der Waals surface area contributed by atoms with Crippen molar-refractivity contribution in [2.45, 2.75) is 32.3 Å². The molecular formula is C17H14F6N2O2. The number of hydrogen-bond acceptors (Lipinski definition) is 4. The van der Waals surface area contributed by atoms with Crippen LogP contribution in [0.3, 0.4) is 0 Å². The van der Waals surface area contributed by atoms with Gasteiger partial charge in [-0.1, -0.05) is 0 Å². The molecule has 4 nitrogen and oxygen atoms in total. The number of ether oxygens (including phenoxy) is 2. The van der Waals surface area contributed by atoms with E-state index in [2.05, 4.69) is 4.98 Å². The molecule has 2 heterocycles. The SMILES string of the molecule is CC(C)Oc1cc(C(F)(F)F)c2cc3c(cc2n1)OC=CN3CC(F)(F)F. The fourth-order valence-electron chi connectivity index (χ4n) is 2.66. The van der Waals surface area contributed by atoms with E-state index in [9.17, 15) is 26.3 Å². The molecule has 2 aromatic rings. The summed E-state index contributed by atoms with van der Waals surface area (Å²) in [5.41, 5.74) is -1.28. The lowest BCUT2D eigenvalue weighted by atomic mass is 10.1. The molecule has 0 saturated heterocycles. The molecule has 0 radical (unpaired) electrons. The molecule has 0 N–H and O–H groups in total. The molecule has 0 unspecified atom stereocenters. The van der Waals surface area contributed by atoms with Crippen LogP contribution in [0.2, 0.25) is 0 Å². The second-order valence-corrected chi connectivity index (χ2v) is 6.16. The first-order valence-electron chi connectivity index (χ1n) is 7.83. The smallest absolute Gasteiger partial charge is 0.417 e. The summed E-state index contributed by atoms with van der Waals surface area (Å²) in [5.74, 6) is -0.264. The Labute approximate surface area is 150 Å². The fraction of sp³-hybridized carbons (Fsp3) is 0.353. The molecule has 0 saturated carbocycles. The van der Waals surface area contributed by atoms with Gasteiger partial charge in [-0.15, -0.1) is 0 Å². The second-order valence-electron chi connectivity index (χ2n) is 6.16. The summed E-state index contributed by atoms with van der Waals surface area (Å²) in [5, 5.41) is -0.344. The molecule has 0 amide bonds. The maximum Gasteiger partial charge on any atom is 0.417 e. The van der Waals surface area contributed by atoms with Crippen molar-refractivity contribution in [3.05, 3.63) is 36.2 Å². The minimum atomic E-state index is -4.75. The van der Waals surface area contributed by atoms with Gasteiger partial charge < -0.3 is 14.4 Å². The maximum absolute atomic E-state index is 13.5. The average Bonchev–Trinajstić information content (AvgIpc) is 2.50. The standard InChI is InChI=1S/C17H14F6N2O2/c1-9(2)27-15-6-11(17(21,22)23)10-5-13-14(7-12(10)24-15)26-4-3-25(13)8-16(18,19)20/h3-7,9H,8H2,1-2H3. The van der Waals surface area contributed by atoms with E-state index in [0.717, 1.165) is 29.5 Å². The molecule has 0 atom stereocenters. The lowest BCUT2D eigenvalue weighted by Crippen LogP contribution is -2.31. The van der Waals surface area contributed by atoms with Gasteiger partial charge in [0.05, 0.1) is 22.9 Å². The Balaban J connectivity index is 2.19. The van der Waals surface area contributed by atoms with Crippen LogP contribution in [0, 0.1) is 0 Å². The molecule has 1 aliphatic rings. The molecule has 27 heavy (non-hydrogen) atoms. The maximum atomic E-state index is 13.5. The Kier molecular flexibility index (Phi) is 4.61. The summed E-state index contributed by atoms with van der Waals surface area (Å²) in [6, 6.07) is 2.90. The second kappa shape index (κ2) is 6.50. The number of hydrogen-bond donors (Lipinski definition) is 0. The number of fused-ring (bicyclic) bond motifs is 2. The zero-order valence-electron chi connectivity index (χ0n) is 14.1. The van der Waals surface area contributed by atoms with Crippen LogP contribution in [0.25, 0.3) is 10.9 Å². The quantitative estimate of drug-likeness (QED) is 0.667. The highest BCUT2D eigenvalue weighted by Gasteiger charge is 2.36. The van der Waals surface area contributed by atoms with Crippen molar-refractivity contribution in [1.29, 1.82) is 0 Å². The van der Waals surface area contributed by atoms with Crippen LogP contribution in [0.1, 0.15) is 19.4 Å². The lowest BCUT2D eigenvalue weighted by Gasteiger charge is -2.27. The number of benzene rings is 1. The number of rotatable bonds is 3. The van der Waals surface area contributed by atoms with Gasteiger partial charge in [-0.25, -0.2) is 4.98 Å². The van der Waals surface area contributed by atoms with Crippen LogP contribution in [0.15, 0.2) is 30.7 Å². The molecule has 0 bridgehead atoms. The van der Waals surface area contributed by atoms with E-state index < -0.39 is 30.6 Å². The van der Waals surface area contributed by atoms with E-state index in [1.165, 1.54) is 6.07 Å². The van der Waals surface area contributed by atoms with E-state index in [0.29, 0.717) is 0 Å². The largest absolute Gasteiger partial charge is 0.475 e. The van der Waals surface area contributed by atoms with Crippen LogP contribution in [0.4, 0.5) is 32.0 Å². The third-order valence-corrected chi connectivity index (χ3v) is 3.62. The van der Waals surface area contributed by atoms with Gasteiger partial charge in [0.15, 0.2) is 5.75 Å². The van der Waals surface area contributed by atoms with Crippen LogP contribution in [-0.2, 0) is 6.18 Å². The molecule has 10 heteroatoms. The van der Waals surface area contributed by atoms with Crippen LogP contribution < -0.4 is 14.4 Å². The summed E-state index contributed by atoms with van der Waals surface area (Å²) in [6.07, 6.45) is -7.66. The van der Waals surface area contributed by atoms with Crippen molar-refractivity contribution in [2.24, 2.45) is 0 Å². The van der Waals surface area contributed by atoms with E-state index in [4.69, 9.17) is 9.47 Å². The molecule has 0 aliphatic carbocycles. The Morgan fingerprint density at radius 2 is 1.81 bits per heavy atom. The third kappa shape index (κ3) is 4.20. The topological polar surface area (TPSA) is 34.6 Å². The zero-order chi connectivity index (χ0) is 20.0. The summed E-state index contributed by atoms with van der Waals surface area (Å²) in [7, 11) is 0. The minimum absolute atomic E-state index is 0.0310. The van der Waals surface area contributed by atoms with E-state index in [1.54, 1.807) is 13.8 Å². The number of aromatic nitrogens is 1. The Morgan fingerprint density at radius 3 is 2.41 bits per heavy atom. The van der Waals surface area contributed by atoms with Crippen molar-refractivity contribution in [1.82, 2.24) is 4.98 Å². The van der Waals surface area contributed by atoms with Gasteiger partial charge in [0.2, 0.25) is 5.88 Å². The van der Waals surface area contributed by atoms with Gasteiger partial charge in [0.25, 0.3) is 0 Å². The number of alkyl halides is 6. The van der Waals surface area contributed by atoms with Gasteiger partial charge in [0.1, 0.15) is 12.8 Å². The monoisotopic (exact) mass is 392 g/mol. The normalized spacial score (nSPS) is 14.5. The summed E-state index contributed by atoms with van der Waals surface area (Å²) < 4.78 is 89.3. The highest BCUT2D eigenvalue weighted by molar-refractivity contribution is 5.90. The zero-order valence-corrected chi connectivity index (χ0v) is 14.1. The van der Waals surface area contributed by atoms with Gasteiger partial charge in [-0.2, -0.15) is 26.3 Å². The minimum Gasteiger partial charge on any atom is -0.475 e. The first kappa shape index (κ1) is 19.1. The predicted molar refractivity (Wildman–Crippen MR) is 85.7 cm³/mol. The molecule has 146 valence electrons. The van der Waals surface area contributed by atoms with Crippen molar-refractivity contribution in [3.8, 4) is 11.6 Å². The molecule has 3 rings (SSSR count). The molecule has 0 fully saturated rings. The van der Waals surface area contributed by atoms with Gasteiger partial charge in [-0.3, -0.25) is 0 Å². The number of anilines is 1. The Bertz CT molecular complexity index is 890. The summed E-state index contributed by atoms with van der Waals surface area (Å²) in [4.78, 5) is 4.80. The van der Waals surface area contributed by atoms with E-state index in [1.807, 2.05) is 0 Å². The van der Waals surface area contributed by atoms with E-state index in [-0.39, 0.29) is 28.2 Å². The predicted octanol–water partition coefficient (Wildman–Crippen LogP) is 5.27. The molecule has 0 spiro atoms. The highest BCUT2D eigenvalue weighted by Crippen LogP contribution is 2.42. The van der Waals surface area contributed by atoms with E-state index >= 15 is 0 Å². The van der Waals surface area contributed by atoms with Crippen LogP contribution in [0.5, 0.6) is 11.6 Å². The number of pyridine rings is 1. The molecule has 1 aromatic carbocycles. The van der Waals surface area contributed by atoms with Crippen LogP contribution >= 0.6 is 0 Å². The van der Waals surface area contributed by atoms with Gasteiger partial charge in [-0.05, 0) is 19.9 Å². The van der Waals surface area contributed by atoms with Crippen molar-refractivity contribution < 1.29 is 35.8 Å². The summed E-state index contributed by atoms with van der Waals surface area (Å²) in [6.45, 7) is 1.90. The highest BCUT2D eigenvalue weighted by atomic mass is 19.4. The Morgan fingerprint density at radius 1 is 1.11 bits per heavy atom. The van der Waals surface area contributed by atoms with Crippen molar-refractivity contribution in [2.75, 3.05) is 11.4 Å². The number of halogens is 6. The third-order valence-electron chi connectivity index (χ3n) is 3.62. The first-order chi connectivity index (χ1) is 12.4.